The molecule has 3 unspecified atom stereocenters. The van der Waals surface area contributed by atoms with E-state index < -0.39 is 34.9 Å². The lowest BCUT2D eigenvalue weighted by Gasteiger charge is -2.40. The maximum atomic E-state index is 13.3. The molecule has 2 aliphatic rings. The quantitative estimate of drug-likeness (QED) is 0.202. The van der Waals surface area contributed by atoms with Crippen LogP contribution in [0.25, 0.3) is 0 Å². The second-order valence-corrected chi connectivity index (χ2v) is 10.7. The number of carbonyl (C=O) groups excluding carboxylic acids is 4. The summed E-state index contributed by atoms with van der Waals surface area (Å²) in [7, 11) is 0. The number of hydrogen-bond acceptors (Lipinski definition) is 8. The van der Waals surface area contributed by atoms with E-state index in [4.69, 9.17) is 9.47 Å². The number of nitrogens with one attached hydrogen (secondary N) is 2. The fraction of sp³-hybridized carbons (Fsp3) is 0.600. The summed E-state index contributed by atoms with van der Waals surface area (Å²) in [5.74, 6) is -1.41. The molecule has 3 amide bonds. The zero-order valence-corrected chi connectivity index (χ0v) is 22.0. The van der Waals surface area contributed by atoms with Crippen molar-refractivity contribution in [2.24, 2.45) is 0 Å². The molecule has 0 aromatic heterocycles. The molecule has 10 nitrogen and oxygen atoms in total. The lowest BCUT2D eigenvalue weighted by Crippen LogP contribution is -2.58. The van der Waals surface area contributed by atoms with Crippen LogP contribution in [0.5, 0.6) is 0 Å². The van der Waals surface area contributed by atoms with Crippen LogP contribution in [0, 0.1) is 0 Å². The topological polar surface area (TPSA) is 121 Å². The maximum absolute atomic E-state index is 13.3. The van der Waals surface area contributed by atoms with E-state index >= 15 is 0 Å². The summed E-state index contributed by atoms with van der Waals surface area (Å²) < 4.78 is 10.5. The predicted octanol–water partition coefficient (Wildman–Crippen LogP) is 0.0132. The Kier molecular flexibility index (Phi) is 9.89. The van der Waals surface area contributed by atoms with Crippen LogP contribution in [-0.4, -0.2) is 102 Å². The van der Waals surface area contributed by atoms with Gasteiger partial charge in [-0.05, 0) is 26.3 Å². The van der Waals surface area contributed by atoms with Crippen molar-refractivity contribution in [1.82, 2.24) is 20.4 Å². The number of amides is 3. The number of ether oxygens (including phenoxy) is 2. The van der Waals surface area contributed by atoms with E-state index in [1.54, 1.807) is 20.8 Å². The Labute approximate surface area is 217 Å². The summed E-state index contributed by atoms with van der Waals surface area (Å²) in [6, 6.07) is 7.78. The molecule has 0 bridgehead atoms. The van der Waals surface area contributed by atoms with Crippen LogP contribution in [0.4, 0.5) is 0 Å². The fourth-order valence-corrected chi connectivity index (χ4v) is 4.41. The minimum absolute atomic E-state index is 0.175. The zero-order chi connectivity index (χ0) is 26.3. The van der Waals surface area contributed by atoms with E-state index in [-0.39, 0.29) is 24.8 Å². The molecule has 3 atom stereocenters. The van der Waals surface area contributed by atoms with Crippen molar-refractivity contribution in [3.05, 3.63) is 35.9 Å². The van der Waals surface area contributed by atoms with Gasteiger partial charge in [0, 0.05) is 19.5 Å². The van der Waals surface area contributed by atoms with E-state index in [0.717, 1.165) is 5.56 Å². The smallest absolute Gasteiger partial charge is 0.243 e. The number of thiol groups is 1. The number of carbonyl (C=O) groups is 4. The molecule has 3 rings (SSSR count). The Morgan fingerprint density at radius 2 is 1.81 bits per heavy atom. The van der Waals surface area contributed by atoms with Gasteiger partial charge in [0.25, 0.3) is 0 Å². The third-order valence-corrected chi connectivity index (χ3v) is 6.29. The SMILES string of the molecule is CC(NC(=O)CN1CCOCC1)C(=O)NCC(=O)N(C(Cc1ccccc1)C(=O)C1CO1)C(C)(C)S. The van der Waals surface area contributed by atoms with Gasteiger partial charge >= 0.3 is 0 Å². The minimum Gasteiger partial charge on any atom is -0.379 e. The number of ketones is 1. The van der Waals surface area contributed by atoms with Crippen molar-refractivity contribution < 1.29 is 28.7 Å². The molecule has 36 heavy (non-hydrogen) atoms. The standard InChI is InChI=1S/C25H36N4O6S/c1-17(27-21(30)15-28-9-11-34-12-10-28)24(33)26-14-22(31)29(25(2,3)36)19(23(32)20-16-35-20)13-18-7-5-4-6-8-18/h4-8,17,19-20,36H,9-16H2,1-3H3,(H,26,33)(H,27,30). The third-order valence-electron chi connectivity index (χ3n) is 6.08. The first-order chi connectivity index (χ1) is 17.1. The first kappa shape index (κ1) is 28.1. The van der Waals surface area contributed by atoms with Crippen LogP contribution in [0.15, 0.2) is 30.3 Å². The van der Waals surface area contributed by atoms with Crippen molar-refractivity contribution in [3.8, 4) is 0 Å². The predicted molar refractivity (Wildman–Crippen MR) is 136 cm³/mol. The largest absolute Gasteiger partial charge is 0.379 e. The zero-order valence-electron chi connectivity index (χ0n) is 21.1. The van der Waals surface area contributed by atoms with Crippen molar-refractivity contribution in [1.29, 1.82) is 0 Å². The van der Waals surface area contributed by atoms with Crippen LogP contribution >= 0.6 is 12.6 Å². The summed E-state index contributed by atoms with van der Waals surface area (Å²) >= 11 is 4.60. The summed E-state index contributed by atoms with van der Waals surface area (Å²) in [4.78, 5) is 53.8. The Bertz CT molecular complexity index is 928. The van der Waals surface area contributed by atoms with Crippen LogP contribution < -0.4 is 10.6 Å². The van der Waals surface area contributed by atoms with Gasteiger partial charge in [-0.15, -0.1) is 0 Å². The van der Waals surface area contributed by atoms with Crippen molar-refractivity contribution in [2.75, 3.05) is 46.0 Å². The summed E-state index contributed by atoms with van der Waals surface area (Å²) in [6.07, 6.45) is -0.238. The summed E-state index contributed by atoms with van der Waals surface area (Å²) in [5.41, 5.74) is 0.896. The summed E-state index contributed by atoms with van der Waals surface area (Å²) in [5, 5.41) is 5.25. The number of nitrogens with zero attached hydrogens (tertiary/aromatic N) is 2. The lowest BCUT2D eigenvalue weighted by atomic mass is 9.97. The van der Waals surface area contributed by atoms with Gasteiger partial charge in [0.2, 0.25) is 17.7 Å². The molecule has 1 aromatic rings. The Morgan fingerprint density at radius 3 is 2.39 bits per heavy atom. The first-order valence-electron chi connectivity index (χ1n) is 12.2. The number of epoxide rings is 1. The van der Waals surface area contributed by atoms with Gasteiger partial charge in [-0.3, -0.25) is 24.1 Å². The van der Waals surface area contributed by atoms with Gasteiger partial charge in [0.05, 0.1) is 43.8 Å². The molecule has 2 heterocycles. The highest BCUT2D eigenvalue weighted by Crippen LogP contribution is 2.27. The second kappa shape index (κ2) is 12.7. The molecular formula is C25H36N4O6S. The van der Waals surface area contributed by atoms with Crippen LogP contribution in [0.1, 0.15) is 26.3 Å². The molecule has 2 aliphatic heterocycles. The normalized spacial score (nSPS) is 19.6. The van der Waals surface area contributed by atoms with E-state index in [2.05, 4.69) is 23.3 Å². The molecule has 11 heteroatoms. The number of hydrogen-bond donors (Lipinski definition) is 3. The van der Waals surface area contributed by atoms with Crippen LogP contribution in [-0.2, 0) is 35.1 Å². The molecule has 0 aliphatic carbocycles. The Morgan fingerprint density at radius 1 is 1.17 bits per heavy atom. The Balaban J connectivity index is 1.61. The molecule has 0 spiro atoms. The molecular weight excluding hydrogens is 484 g/mol. The number of Topliss-reactive ketones (excluding diaryl/α,β-unsaturated/α-hetero) is 1. The average molecular weight is 521 g/mol. The third kappa shape index (κ3) is 8.29. The number of benzene rings is 1. The van der Waals surface area contributed by atoms with Gasteiger partial charge in [0.1, 0.15) is 12.1 Å². The molecule has 1 aromatic carbocycles. The summed E-state index contributed by atoms with van der Waals surface area (Å²) in [6.45, 7) is 7.64. The van der Waals surface area contributed by atoms with Crippen molar-refractivity contribution >= 4 is 36.1 Å². The average Bonchev–Trinajstić information content (AvgIpc) is 3.67. The lowest BCUT2D eigenvalue weighted by molar-refractivity contribution is -0.143. The minimum atomic E-state index is -0.982. The van der Waals surface area contributed by atoms with Gasteiger partial charge < -0.3 is 25.0 Å². The molecule has 2 saturated heterocycles. The van der Waals surface area contributed by atoms with E-state index in [0.29, 0.717) is 39.3 Å². The van der Waals surface area contributed by atoms with Gasteiger partial charge in [0.15, 0.2) is 5.78 Å². The van der Waals surface area contributed by atoms with Crippen molar-refractivity contribution in [3.63, 3.8) is 0 Å². The monoisotopic (exact) mass is 520 g/mol. The van der Waals surface area contributed by atoms with Crippen molar-refractivity contribution in [2.45, 2.75) is 50.3 Å². The highest BCUT2D eigenvalue weighted by Gasteiger charge is 2.44. The fourth-order valence-electron chi connectivity index (χ4n) is 4.16. The molecule has 2 N–H and O–H groups in total. The Hall–Kier alpha value is -2.47. The number of rotatable bonds is 12. The first-order valence-corrected chi connectivity index (χ1v) is 12.6. The van der Waals surface area contributed by atoms with Crippen LogP contribution in [0.3, 0.4) is 0 Å². The van der Waals surface area contributed by atoms with Crippen LogP contribution in [0.2, 0.25) is 0 Å². The van der Waals surface area contributed by atoms with Gasteiger partial charge in [-0.2, -0.15) is 12.6 Å². The molecule has 0 saturated carbocycles. The second-order valence-electron chi connectivity index (χ2n) is 9.58. The number of morpholine rings is 1. The van der Waals surface area contributed by atoms with E-state index in [9.17, 15) is 19.2 Å². The van der Waals surface area contributed by atoms with Gasteiger partial charge in [-0.1, -0.05) is 30.3 Å². The highest BCUT2D eigenvalue weighted by atomic mass is 32.1. The molecule has 2 fully saturated rings. The molecule has 198 valence electrons. The van der Waals surface area contributed by atoms with E-state index in [1.165, 1.54) is 4.90 Å². The maximum Gasteiger partial charge on any atom is 0.243 e. The highest BCUT2D eigenvalue weighted by molar-refractivity contribution is 7.81. The van der Waals surface area contributed by atoms with Gasteiger partial charge in [-0.25, -0.2) is 0 Å². The molecule has 0 radical (unpaired) electrons. The van der Waals surface area contributed by atoms with E-state index in [1.807, 2.05) is 35.2 Å².